The topological polar surface area (TPSA) is 38.3 Å². The Balaban J connectivity index is 1.89. The maximum Gasteiger partial charge on any atom is 0.323 e. The summed E-state index contributed by atoms with van der Waals surface area (Å²) in [6.45, 7) is 3.35. The predicted octanol–water partition coefficient (Wildman–Crippen LogP) is 0.157. The zero-order valence-electron chi connectivity index (χ0n) is 6.67. The Labute approximate surface area is 66.1 Å². The van der Waals surface area contributed by atoms with E-state index in [1.807, 2.05) is 6.92 Å². The van der Waals surface area contributed by atoms with Crippen LogP contribution in [0.4, 0.5) is 0 Å². The van der Waals surface area contributed by atoms with Gasteiger partial charge in [-0.05, 0) is 31.7 Å². The Kier molecular flexibility index (Phi) is 1.60. The highest BCUT2D eigenvalue weighted by Gasteiger charge is 2.51. The number of carbonyl (C=O) groups excluding carboxylic acids is 1. The van der Waals surface area contributed by atoms with Gasteiger partial charge >= 0.3 is 5.97 Å². The van der Waals surface area contributed by atoms with Gasteiger partial charge in [-0.15, -0.1) is 0 Å². The summed E-state index contributed by atoms with van der Waals surface area (Å²) in [5.74, 6) is 1.30. The van der Waals surface area contributed by atoms with Gasteiger partial charge in [0.1, 0.15) is 6.04 Å². The van der Waals surface area contributed by atoms with Crippen molar-refractivity contribution in [2.75, 3.05) is 13.2 Å². The Morgan fingerprint density at radius 1 is 1.73 bits per heavy atom. The molecule has 1 saturated carbocycles. The number of nitrogens with one attached hydrogen (secondary N) is 1. The molecule has 0 aromatic rings. The molecule has 1 aliphatic carbocycles. The van der Waals surface area contributed by atoms with E-state index in [1.165, 1.54) is 6.42 Å². The normalized spacial score (nSPS) is 39.9. The Morgan fingerprint density at radius 2 is 2.55 bits per heavy atom. The summed E-state index contributed by atoms with van der Waals surface area (Å²) in [5, 5.41) is 3.17. The fourth-order valence-corrected chi connectivity index (χ4v) is 1.83. The van der Waals surface area contributed by atoms with Crippen LogP contribution in [0.1, 0.15) is 13.3 Å². The Morgan fingerprint density at radius 3 is 3.00 bits per heavy atom. The molecule has 62 valence electrons. The highest BCUT2D eigenvalue weighted by atomic mass is 16.5. The Bertz CT molecular complexity index is 181. The molecule has 2 aliphatic rings. The first-order chi connectivity index (χ1) is 5.33. The molecule has 3 heteroatoms. The number of carbonyl (C=O) groups is 1. The molecular weight excluding hydrogens is 142 g/mol. The van der Waals surface area contributed by atoms with E-state index in [9.17, 15) is 4.79 Å². The van der Waals surface area contributed by atoms with Crippen LogP contribution in [0.5, 0.6) is 0 Å². The first-order valence-electron chi connectivity index (χ1n) is 4.23. The number of fused-ring (bicyclic) bond motifs is 1. The first kappa shape index (κ1) is 7.10. The maximum absolute atomic E-state index is 11.2. The largest absolute Gasteiger partial charge is 0.465 e. The zero-order chi connectivity index (χ0) is 7.84. The number of piperidine rings is 1. The summed E-state index contributed by atoms with van der Waals surface area (Å²) >= 11 is 0. The second-order valence-corrected chi connectivity index (χ2v) is 3.30. The molecule has 1 saturated heterocycles. The second-order valence-electron chi connectivity index (χ2n) is 3.30. The third kappa shape index (κ3) is 1.13. The molecule has 3 nitrogen and oxygen atoms in total. The molecule has 1 N–H and O–H groups in total. The van der Waals surface area contributed by atoms with Crippen LogP contribution in [-0.2, 0) is 9.53 Å². The SMILES string of the molecule is CCOC(=O)[C@H]1NC[C@H]2C[C@H]21. The van der Waals surface area contributed by atoms with Crippen molar-refractivity contribution in [3.63, 3.8) is 0 Å². The molecule has 0 radical (unpaired) electrons. The summed E-state index contributed by atoms with van der Waals surface area (Å²) in [7, 11) is 0. The number of ether oxygens (including phenoxy) is 1. The lowest BCUT2D eigenvalue weighted by molar-refractivity contribution is -0.145. The molecule has 1 aliphatic heterocycles. The number of hydrogen-bond donors (Lipinski definition) is 1. The van der Waals surface area contributed by atoms with Crippen molar-refractivity contribution in [2.45, 2.75) is 19.4 Å². The van der Waals surface area contributed by atoms with E-state index < -0.39 is 0 Å². The van der Waals surface area contributed by atoms with Gasteiger partial charge in [-0.3, -0.25) is 4.79 Å². The van der Waals surface area contributed by atoms with Gasteiger partial charge in [0, 0.05) is 0 Å². The predicted molar refractivity (Wildman–Crippen MR) is 40.0 cm³/mol. The summed E-state index contributed by atoms with van der Waals surface area (Å²) < 4.78 is 4.92. The van der Waals surface area contributed by atoms with Gasteiger partial charge < -0.3 is 10.1 Å². The molecule has 0 unspecified atom stereocenters. The molecule has 2 rings (SSSR count). The molecule has 0 aromatic heterocycles. The molecule has 1 heterocycles. The summed E-state index contributed by atoms with van der Waals surface area (Å²) in [5.41, 5.74) is 0. The minimum atomic E-state index is -0.0579. The molecule has 2 fully saturated rings. The van der Waals surface area contributed by atoms with E-state index in [2.05, 4.69) is 5.32 Å². The van der Waals surface area contributed by atoms with Crippen molar-refractivity contribution in [1.82, 2.24) is 5.32 Å². The maximum atomic E-state index is 11.2. The molecule has 3 atom stereocenters. The van der Waals surface area contributed by atoms with E-state index in [-0.39, 0.29) is 12.0 Å². The summed E-state index contributed by atoms with van der Waals surface area (Å²) in [4.78, 5) is 11.2. The number of rotatable bonds is 2. The van der Waals surface area contributed by atoms with E-state index in [0.29, 0.717) is 12.5 Å². The van der Waals surface area contributed by atoms with Crippen molar-refractivity contribution in [3.8, 4) is 0 Å². The zero-order valence-corrected chi connectivity index (χ0v) is 6.67. The van der Waals surface area contributed by atoms with Crippen molar-refractivity contribution >= 4 is 5.97 Å². The van der Waals surface area contributed by atoms with Gasteiger partial charge in [0.25, 0.3) is 0 Å². The van der Waals surface area contributed by atoms with Crippen LogP contribution in [0.3, 0.4) is 0 Å². The third-order valence-electron chi connectivity index (χ3n) is 2.55. The van der Waals surface area contributed by atoms with Crippen LogP contribution in [0.15, 0.2) is 0 Å². The molecule has 11 heavy (non-hydrogen) atoms. The smallest absolute Gasteiger partial charge is 0.323 e. The van der Waals surface area contributed by atoms with Crippen LogP contribution in [0.2, 0.25) is 0 Å². The van der Waals surface area contributed by atoms with E-state index in [0.717, 1.165) is 12.5 Å². The minimum Gasteiger partial charge on any atom is -0.465 e. The average Bonchev–Trinajstić information content (AvgIpc) is 2.63. The fraction of sp³-hybridized carbons (Fsp3) is 0.875. The third-order valence-corrected chi connectivity index (χ3v) is 2.55. The van der Waals surface area contributed by atoms with Gasteiger partial charge in [0.2, 0.25) is 0 Å². The second kappa shape index (κ2) is 2.48. The first-order valence-corrected chi connectivity index (χ1v) is 4.23. The van der Waals surface area contributed by atoms with E-state index in [4.69, 9.17) is 4.74 Å². The highest BCUT2D eigenvalue weighted by Crippen LogP contribution is 2.45. The van der Waals surface area contributed by atoms with Gasteiger partial charge in [-0.2, -0.15) is 0 Å². The average molecular weight is 155 g/mol. The van der Waals surface area contributed by atoms with Crippen molar-refractivity contribution in [2.24, 2.45) is 11.8 Å². The lowest BCUT2D eigenvalue weighted by Crippen LogP contribution is -2.36. The van der Waals surface area contributed by atoms with Crippen LogP contribution in [-0.4, -0.2) is 25.2 Å². The summed E-state index contributed by atoms with van der Waals surface area (Å²) in [6.07, 6.45) is 1.22. The van der Waals surface area contributed by atoms with Crippen LogP contribution < -0.4 is 5.32 Å². The van der Waals surface area contributed by atoms with Crippen LogP contribution in [0, 0.1) is 11.8 Å². The lowest BCUT2D eigenvalue weighted by Gasteiger charge is -2.10. The van der Waals surface area contributed by atoms with Gasteiger partial charge in [0.15, 0.2) is 0 Å². The molecule has 0 bridgehead atoms. The molecule has 0 amide bonds. The molecular formula is C8H13NO2. The fourth-order valence-electron chi connectivity index (χ4n) is 1.83. The van der Waals surface area contributed by atoms with E-state index in [1.54, 1.807) is 0 Å². The number of hydrogen-bond acceptors (Lipinski definition) is 3. The monoisotopic (exact) mass is 155 g/mol. The van der Waals surface area contributed by atoms with Crippen molar-refractivity contribution < 1.29 is 9.53 Å². The van der Waals surface area contributed by atoms with Gasteiger partial charge in [-0.25, -0.2) is 0 Å². The summed E-state index contributed by atoms with van der Waals surface area (Å²) in [6, 6.07) is 0.0138. The Hall–Kier alpha value is -0.570. The van der Waals surface area contributed by atoms with Crippen LogP contribution in [0.25, 0.3) is 0 Å². The molecule has 0 spiro atoms. The highest BCUT2D eigenvalue weighted by molar-refractivity contribution is 5.77. The van der Waals surface area contributed by atoms with Crippen molar-refractivity contribution in [3.05, 3.63) is 0 Å². The quantitative estimate of drug-likeness (QED) is 0.577. The lowest BCUT2D eigenvalue weighted by atomic mass is 10.2. The van der Waals surface area contributed by atoms with Gasteiger partial charge in [-0.1, -0.05) is 0 Å². The van der Waals surface area contributed by atoms with Gasteiger partial charge in [0.05, 0.1) is 6.61 Å². The van der Waals surface area contributed by atoms with Crippen LogP contribution >= 0.6 is 0 Å². The van der Waals surface area contributed by atoms with E-state index >= 15 is 0 Å². The standard InChI is InChI=1S/C8H13NO2/c1-2-11-8(10)7-6-3-5(6)4-9-7/h5-7,9H,2-4H2,1H3/t5-,6-,7+/m1/s1. The van der Waals surface area contributed by atoms with Crippen molar-refractivity contribution in [1.29, 1.82) is 0 Å². The minimum absolute atomic E-state index is 0.0138. The molecule has 0 aromatic carbocycles. The number of esters is 1.